The topological polar surface area (TPSA) is 26.3 Å². The SMILES string of the molecule is CC(C)[Si](OCCC1CCC(=O)CC1)(C(C)C)C(C)C. The molecule has 0 saturated heterocycles. The second kappa shape index (κ2) is 7.74. The van der Waals surface area contributed by atoms with E-state index in [1.165, 1.54) is 0 Å². The Bertz CT molecular complexity index is 278. The summed E-state index contributed by atoms with van der Waals surface area (Å²) in [5, 5.41) is 0. The largest absolute Gasteiger partial charge is 0.416 e. The van der Waals surface area contributed by atoms with Gasteiger partial charge in [0.2, 0.25) is 0 Å². The van der Waals surface area contributed by atoms with Crippen molar-refractivity contribution < 1.29 is 9.22 Å². The molecule has 20 heavy (non-hydrogen) atoms. The number of Topliss-reactive ketones (excluding diaryl/α,β-unsaturated/α-hetero) is 1. The van der Waals surface area contributed by atoms with E-state index in [0.717, 1.165) is 38.7 Å². The molecule has 0 heterocycles. The first-order valence-corrected chi connectivity index (χ1v) is 10.6. The summed E-state index contributed by atoms with van der Waals surface area (Å²) in [6, 6.07) is 0. The monoisotopic (exact) mass is 298 g/mol. The van der Waals surface area contributed by atoms with Crippen LogP contribution in [0.3, 0.4) is 0 Å². The van der Waals surface area contributed by atoms with Gasteiger partial charge in [0.1, 0.15) is 5.78 Å². The number of ketones is 1. The van der Waals surface area contributed by atoms with E-state index < -0.39 is 8.32 Å². The van der Waals surface area contributed by atoms with Crippen molar-refractivity contribution in [3.8, 4) is 0 Å². The first-order valence-electron chi connectivity index (χ1n) is 8.46. The van der Waals surface area contributed by atoms with Gasteiger partial charge in [-0.15, -0.1) is 0 Å². The van der Waals surface area contributed by atoms with Gasteiger partial charge in [-0.1, -0.05) is 41.5 Å². The second-order valence-corrected chi connectivity index (χ2v) is 12.9. The van der Waals surface area contributed by atoms with Crippen molar-refractivity contribution in [3.63, 3.8) is 0 Å². The first-order chi connectivity index (χ1) is 9.30. The van der Waals surface area contributed by atoms with E-state index in [-0.39, 0.29) is 0 Å². The predicted molar refractivity (Wildman–Crippen MR) is 88.6 cm³/mol. The van der Waals surface area contributed by atoms with Crippen LogP contribution in [0.15, 0.2) is 0 Å². The third kappa shape index (κ3) is 4.17. The highest BCUT2D eigenvalue weighted by Gasteiger charge is 2.44. The average molecular weight is 299 g/mol. The van der Waals surface area contributed by atoms with Crippen LogP contribution in [0.4, 0.5) is 0 Å². The third-order valence-electron chi connectivity index (χ3n) is 5.25. The maximum atomic E-state index is 11.3. The maximum absolute atomic E-state index is 11.3. The summed E-state index contributed by atoms with van der Waals surface area (Å²) in [4.78, 5) is 11.3. The van der Waals surface area contributed by atoms with Gasteiger partial charge in [0.15, 0.2) is 8.32 Å². The van der Waals surface area contributed by atoms with Crippen LogP contribution in [0, 0.1) is 5.92 Å². The van der Waals surface area contributed by atoms with E-state index in [4.69, 9.17) is 4.43 Å². The second-order valence-electron chi connectivity index (χ2n) is 7.44. The van der Waals surface area contributed by atoms with E-state index in [1.54, 1.807) is 0 Å². The van der Waals surface area contributed by atoms with Crippen molar-refractivity contribution >= 4 is 14.1 Å². The van der Waals surface area contributed by atoms with E-state index in [1.807, 2.05) is 0 Å². The summed E-state index contributed by atoms with van der Waals surface area (Å²) < 4.78 is 6.60. The Morgan fingerprint density at radius 1 is 1.00 bits per heavy atom. The molecule has 1 aliphatic carbocycles. The molecule has 0 aliphatic heterocycles. The molecule has 1 fully saturated rings. The van der Waals surface area contributed by atoms with Gasteiger partial charge in [-0.25, -0.2) is 0 Å². The first kappa shape index (κ1) is 17.9. The number of hydrogen-bond acceptors (Lipinski definition) is 2. The van der Waals surface area contributed by atoms with Crippen molar-refractivity contribution in [2.75, 3.05) is 6.61 Å². The van der Waals surface area contributed by atoms with E-state index in [2.05, 4.69) is 41.5 Å². The fourth-order valence-corrected chi connectivity index (χ4v) is 9.66. The quantitative estimate of drug-likeness (QED) is 0.594. The van der Waals surface area contributed by atoms with E-state index in [0.29, 0.717) is 28.3 Å². The van der Waals surface area contributed by atoms with Gasteiger partial charge >= 0.3 is 0 Å². The van der Waals surface area contributed by atoms with Gasteiger partial charge in [-0.2, -0.15) is 0 Å². The maximum Gasteiger partial charge on any atom is 0.200 e. The summed E-state index contributed by atoms with van der Waals surface area (Å²) in [6.45, 7) is 14.9. The molecule has 0 spiro atoms. The number of carbonyl (C=O) groups is 1. The van der Waals surface area contributed by atoms with Crippen LogP contribution < -0.4 is 0 Å². The summed E-state index contributed by atoms with van der Waals surface area (Å²) in [5.74, 6) is 1.17. The highest BCUT2D eigenvalue weighted by molar-refractivity contribution is 6.77. The fourth-order valence-electron chi connectivity index (χ4n) is 4.19. The van der Waals surface area contributed by atoms with Crippen LogP contribution >= 0.6 is 0 Å². The lowest BCUT2D eigenvalue weighted by molar-refractivity contribution is -0.121. The van der Waals surface area contributed by atoms with Crippen molar-refractivity contribution in [2.45, 2.75) is 90.3 Å². The summed E-state index contributed by atoms with van der Waals surface area (Å²) in [5.41, 5.74) is 1.99. The molecule has 0 aromatic carbocycles. The highest BCUT2D eigenvalue weighted by Crippen LogP contribution is 2.42. The van der Waals surface area contributed by atoms with Crippen LogP contribution in [0.25, 0.3) is 0 Å². The molecule has 0 aromatic heterocycles. The van der Waals surface area contributed by atoms with Crippen molar-refractivity contribution in [1.29, 1.82) is 0 Å². The lowest BCUT2D eigenvalue weighted by Crippen LogP contribution is -2.48. The van der Waals surface area contributed by atoms with Crippen molar-refractivity contribution in [2.24, 2.45) is 5.92 Å². The molecular formula is C17H34O2Si. The number of hydrogen-bond donors (Lipinski definition) is 0. The Balaban J connectivity index is 2.52. The molecule has 1 aliphatic rings. The van der Waals surface area contributed by atoms with Gasteiger partial charge < -0.3 is 4.43 Å². The Kier molecular flexibility index (Phi) is 6.93. The summed E-state index contributed by atoms with van der Waals surface area (Å²) in [7, 11) is -1.69. The number of rotatable bonds is 7. The minimum absolute atomic E-state index is 0.456. The molecule has 0 bridgehead atoms. The molecule has 0 unspecified atom stereocenters. The zero-order chi connectivity index (χ0) is 15.3. The van der Waals surface area contributed by atoms with E-state index in [9.17, 15) is 4.79 Å². The van der Waals surface area contributed by atoms with Crippen LogP contribution in [0.5, 0.6) is 0 Å². The highest BCUT2D eigenvalue weighted by atomic mass is 28.4. The average Bonchev–Trinajstić information content (AvgIpc) is 2.35. The lowest BCUT2D eigenvalue weighted by atomic mass is 9.86. The Morgan fingerprint density at radius 2 is 1.45 bits per heavy atom. The smallest absolute Gasteiger partial charge is 0.200 e. The van der Waals surface area contributed by atoms with Crippen LogP contribution in [-0.4, -0.2) is 20.7 Å². The number of carbonyl (C=O) groups excluding carboxylic acids is 1. The Hall–Kier alpha value is -0.153. The fraction of sp³-hybridized carbons (Fsp3) is 0.941. The Labute approximate surface area is 126 Å². The minimum Gasteiger partial charge on any atom is -0.416 e. The van der Waals surface area contributed by atoms with Gasteiger partial charge in [0, 0.05) is 19.4 Å². The molecule has 0 aromatic rings. The predicted octanol–water partition coefficient (Wildman–Crippen LogP) is 5.33. The van der Waals surface area contributed by atoms with Gasteiger partial charge in [0.05, 0.1) is 0 Å². The standard InChI is InChI=1S/C17H34O2Si/c1-13(2)20(14(3)4,15(5)6)19-12-11-16-7-9-17(18)10-8-16/h13-16H,7-12H2,1-6H3. The molecule has 0 N–H and O–H groups in total. The van der Waals surface area contributed by atoms with Gasteiger partial charge in [-0.3, -0.25) is 4.79 Å². The zero-order valence-electron chi connectivity index (χ0n) is 14.4. The molecule has 1 rings (SSSR count). The van der Waals surface area contributed by atoms with Crippen LogP contribution in [0.1, 0.15) is 73.6 Å². The van der Waals surface area contributed by atoms with Crippen LogP contribution in [-0.2, 0) is 9.22 Å². The molecule has 0 amide bonds. The molecule has 0 radical (unpaired) electrons. The molecule has 0 atom stereocenters. The molecule has 2 nitrogen and oxygen atoms in total. The summed E-state index contributed by atoms with van der Waals surface area (Å²) >= 11 is 0. The summed E-state index contributed by atoms with van der Waals surface area (Å²) in [6.07, 6.45) is 4.91. The molecular weight excluding hydrogens is 264 g/mol. The zero-order valence-corrected chi connectivity index (χ0v) is 15.4. The van der Waals surface area contributed by atoms with E-state index >= 15 is 0 Å². The van der Waals surface area contributed by atoms with Gasteiger partial charge in [0.25, 0.3) is 0 Å². The van der Waals surface area contributed by atoms with Crippen molar-refractivity contribution in [1.82, 2.24) is 0 Å². The normalized spacial score (nSPS) is 18.6. The van der Waals surface area contributed by atoms with Crippen LogP contribution in [0.2, 0.25) is 16.6 Å². The molecule has 118 valence electrons. The molecule has 3 heteroatoms. The Morgan fingerprint density at radius 3 is 1.85 bits per heavy atom. The third-order valence-corrected chi connectivity index (χ3v) is 11.4. The minimum atomic E-state index is -1.69. The van der Waals surface area contributed by atoms with Crippen molar-refractivity contribution in [3.05, 3.63) is 0 Å². The van der Waals surface area contributed by atoms with Gasteiger partial charge in [-0.05, 0) is 41.8 Å². The lowest BCUT2D eigenvalue weighted by Gasteiger charge is -2.42. The molecule has 1 saturated carbocycles.